The summed E-state index contributed by atoms with van der Waals surface area (Å²) in [4.78, 5) is 1.42. The fourth-order valence-corrected chi connectivity index (χ4v) is 3.38. The van der Waals surface area contributed by atoms with E-state index in [0.717, 1.165) is 17.2 Å². The highest BCUT2D eigenvalue weighted by Gasteiger charge is 2.32. The van der Waals surface area contributed by atoms with Crippen LogP contribution >= 0.6 is 11.3 Å². The Hall–Kier alpha value is -2.14. The summed E-state index contributed by atoms with van der Waals surface area (Å²) < 4.78 is 5.21. The van der Waals surface area contributed by atoms with Gasteiger partial charge in [0.2, 0.25) is 12.3 Å². The minimum Gasteiger partial charge on any atom is -0.423 e. The molecule has 1 atom stereocenters. The van der Waals surface area contributed by atoms with Gasteiger partial charge in [0, 0.05) is 16.1 Å². The van der Waals surface area contributed by atoms with Crippen molar-refractivity contribution < 1.29 is 4.42 Å². The Morgan fingerprint density at radius 1 is 1.19 bits per heavy atom. The Balaban J connectivity index is 1.53. The van der Waals surface area contributed by atoms with E-state index >= 15 is 0 Å². The smallest absolute Gasteiger partial charge is 0.247 e. The van der Waals surface area contributed by atoms with Crippen molar-refractivity contribution in [2.75, 3.05) is 5.32 Å². The predicted octanol–water partition coefficient (Wildman–Crippen LogP) is 4.36. The largest absolute Gasteiger partial charge is 0.423 e. The predicted molar refractivity (Wildman–Crippen MR) is 83.1 cm³/mol. The summed E-state index contributed by atoms with van der Waals surface area (Å²) in [5.74, 6) is 1.32. The zero-order valence-electron chi connectivity index (χ0n) is 11.4. The molecule has 4 nitrogen and oxygen atoms in total. The van der Waals surface area contributed by atoms with Crippen molar-refractivity contribution in [2.45, 2.75) is 18.9 Å². The van der Waals surface area contributed by atoms with Crippen molar-refractivity contribution in [1.82, 2.24) is 10.2 Å². The van der Waals surface area contributed by atoms with Crippen LogP contribution in [0.2, 0.25) is 0 Å². The van der Waals surface area contributed by atoms with Gasteiger partial charge in [-0.1, -0.05) is 6.07 Å². The average molecular weight is 297 g/mol. The van der Waals surface area contributed by atoms with E-state index in [9.17, 15) is 0 Å². The van der Waals surface area contributed by atoms with Gasteiger partial charge < -0.3 is 9.73 Å². The van der Waals surface area contributed by atoms with Crippen LogP contribution in [0.3, 0.4) is 0 Å². The van der Waals surface area contributed by atoms with Gasteiger partial charge in [-0.05, 0) is 54.5 Å². The Bertz CT molecular complexity index is 688. The van der Waals surface area contributed by atoms with E-state index in [4.69, 9.17) is 4.42 Å². The van der Waals surface area contributed by atoms with E-state index in [2.05, 4.69) is 45.2 Å². The first kappa shape index (κ1) is 12.6. The maximum absolute atomic E-state index is 5.21. The lowest BCUT2D eigenvalue weighted by atomic mass is 10.1. The van der Waals surface area contributed by atoms with Crippen LogP contribution in [0.1, 0.15) is 23.8 Å². The molecule has 3 aromatic rings. The van der Waals surface area contributed by atoms with Gasteiger partial charge >= 0.3 is 0 Å². The van der Waals surface area contributed by atoms with Crippen molar-refractivity contribution in [3.8, 4) is 11.5 Å². The number of anilines is 1. The van der Waals surface area contributed by atoms with Gasteiger partial charge in [-0.25, -0.2) is 0 Å². The molecule has 1 fully saturated rings. The Morgan fingerprint density at radius 2 is 2.05 bits per heavy atom. The van der Waals surface area contributed by atoms with Crippen molar-refractivity contribution in [2.24, 2.45) is 5.92 Å². The zero-order valence-corrected chi connectivity index (χ0v) is 12.2. The third-order valence-electron chi connectivity index (χ3n) is 3.76. The highest BCUT2D eigenvalue weighted by Crippen LogP contribution is 2.44. The maximum atomic E-state index is 5.21. The highest BCUT2D eigenvalue weighted by molar-refractivity contribution is 7.10. The third kappa shape index (κ3) is 2.69. The molecule has 5 heteroatoms. The number of hydrogen-bond acceptors (Lipinski definition) is 5. The van der Waals surface area contributed by atoms with Crippen LogP contribution in [-0.2, 0) is 0 Å². The quantitative estimate of drug-likeness (QED) is 0.760. The molecule has 1 N–H and O–H groups in total. The van der Waals surface area contributed by atoms with Crippen LogP contribution < -0.4 is 5.32 Å². The number of nitrogens with zero attached hydrogens (tertiary/aromatic N) is 2. The molecule has 0 bridgehead atoms. The molecule has 1 saturated carbocycles. The van der Waals surface area contributed by atoms with Crippen LogP contribution in [0.5, 0.6) is 0 Å². The SMILES string of the molecule is c1csc(C(Nc2ccc(-c3nnco3)cc2)C2CC2)c1. The van der Waals surface area contributed by atoms with E-state index < -0.39 is 0 Å². The second kappa shape index (κ2) is 5.33. The molecule has 0 radical (unpaired) electrons. The molecular formula is C16H15N3OS. The molecular weight excluding hydrogens is 282 g/mol. The molecule has 2 aromatic heterocycles. The summed E-state index contributed by atoms with van der Waals surface area (Å²) >= 11 is 1.82. The molecule has 1 unspecified atom stereocenters. The molecule has 0 spiro atoms. The van der Waals surface area contributed by atoms with Crippen LogP contribution in [0, 0.1) is 5.92 Å². The van der Waals surface area contributed by atoms with Gasteiger partial charge in [0.15, 0.2) is 0 Å². The summed E-state index contributed by atoms with van der Waals surface area (Å²) in [6, 6.07) is 12.9. The van der Waals surface area contributed by atoms with E-state index in [1.807, 2.05) is 23.5 Å². The van der Waals surface area contributed by atoms with Crippen LogP contribution in [0.4, 0.5) is 5.69 Å². The lowest BCUT2D eigenvalue weighted by Crippen LogP contribution is -2.11. The van der Waals surface area contributed by atoms with Gasteiger partial charge in [0.05, 0.1) is 6.04 Å². The van der Waals surface area contributed by atoms with Gasteiger partial charge in [-0.15, -0.1) is 21.5 Å². The van der Waals surface area contributed by atoms with Crippen molar-refractivity contribution in [3.05, 3.63) is 53.0 Å². The summed E-state index contributed by atoms with van der Waals surface area (Å²) in [7, 11) is 0. The average Bonchev–Trinajstić information content (AvgIpc) is 3.01. The van der Waals surface area contributed by atoms with Gasteiger partial charge in [-0.3, -0.25) is 0 Å². The second-order valence-corrected chi connectivity index (χ2v) is 6.28. The monoisotopic (exact) mass is 297 g/mol. The normalized spacial score (nSPS) is 15.8. The molecule has 1 aliphatic rings. The summed E-state index contributed by atoms with van der Waals surface area (Å²) in [6.07, 6.45) is 3.98. The van der Waals surface area contributed by atoms with Crippen molar-refractivity contribution in [1.29, 1.82) is 0 Å². The lowest BCUT2D eigenvalue weighted by Gasteiger charge is -2.18. The molecule has 0 aliphatic heterocycles. The molecule has 106 valence electrons. The van der Waals surface area contributed by atoms with E-state index in [1.54, 1.807) is 0 Å². The molecule has 0 amide bonds. The molecule has 4 rings (SSSR count). The topological polar surface area (TPSA) is 51.0 Å². The van der Waals surface area contributed by atoms with E-state index in [1.165, 1.54) is 24.1 Å². The maximum Gasteiger partial charge on any atom is 0.247 e. The molecule has 2 heterocycles. The van der Waals surface area contributed by atoms with Crippen molar-refractivity contribution in [3.63, 3.8) is 0 Å². The van der Waals surface area contributed by atoms with Gasteiger partial charge in [0.25, 0.3) is 0 Å². The number of aromatic nitrogens is 2. The number of nitrogens with one attached hydrogen (secondary N) is 1. The van der Waals surface area contributed by atoms with E-state index in [0.29, 0.717) is 11.9 Å². The summed E-state index contributed by atoms with van der Waals surface area (Å²) in [6.45, 7) is 0. The van der Waals surface area contributed by atoms with Crippen LogP contribution in [0.25, 0.3) is 11.5 Å². The van der Waals surface area contributed by atoms with Gasteiger partial charge in [0.1, 0.15) is 0 Å². The number of thiophene rings is 1. The lowest BCUT2D eigenvalue weighted by molar-refractivity contribution is 0.568. The Morgan fingerprint density at radius 3 is 2.67 bits per heavy atom. The molecule has 21 heavy (non-hydrogen) atoms. The highest BCUT2D eigenvalue weighted by atomic mass is 32.1. The first-order chi connectivity index (χ1) is 10.4. The van der Waals surface area contributed by atoms with Gasteiger partial charge in [-0.2, -0.15) is 0 Å². The second-order valence-electron chi connectivity index (χ2n) is 5.30. The third-order valence-corrected chi connectivity index (χ3v) is 4.71. The minimum atomic E-state index is 0.430. The summed E-state index contributed by atoms with van der Waals surface area (Å²) in [5, 5.41) is 13.4. The molecule has 1 aromatic carbocycles. The minimum absolute atomic E-state index is 0.430. The first-order valence-electron chi connectivity index (χ1n) is 7.07. The van der Waals surface area contributed by atoms with E-state index in [-0.39, 0.29) is 0 Å². The number of rotatable bonds is 5. The fourth-order valence-electron chi connectivity index (χ4n) is 2.51. The molecule has 0 saturated heterocycles. The van der Waals surface area contributed by atoms with Crippen LogP contribution in [0.15, 0.2) is 52.6 Å². The summed E-state index contributed by atoms with van der Waals surface area (Å²) in [5.41, 5.74) is 2.07. The zero-order chi connectivity index (χ0) is 14.1. The standard InChI is InChI=1S/C16H15N3OS/c1-2-14(21-9-1)15(11-3-4-11)18-13-7-5-12(6-8-13)16-19-17-10-20-16/h1-2,5-11,15,18H,3-4H2. The first-order valence-corrected chi connectivity index (χ1v) is 7.95. The van der Waals surface area contributed by atoms with Crippen molar-refractivity contribution >= 4 is 17.0 Å². The number of benzene rings is 1. The Kier molecular flexibility index (Phi) is 3.20. The fraction of sp³-hybridized carbons (Fsp3) is 0.250. The van der Waals surface area contributed by atoms with Crippen LogP contribution in [-0.4, -0.2) is 10.2 Å². The Labute approximate surface area is 126 Å². The number of hydrogen-bond donors (Lipinski definition) is 1. The molecule has 1 aliphatic carbocycles.